The molecule has 0 bridgehead atoms. The van der Waals surface area contributed by atoms with Crippen molar-refractivity contribution in [2.24, 2.45) is 0 Å². The Kier molecular flexibility index (Phi) is 10.4. The molecule has 3 amide bonds. The van der Waals surface area contributed by atoms with Gasteiger partial charge in [0.1, 0.15) is 18.0 Å². The number of hydrogen-bond acceptors (Lipinski definition) is 7. The molecular formula is C34H40ClN5O7. The highest BCUT2D eigenvalue weighted by Crippen LogP contribution is 2.33. The quantitative estimate of drug-likeness (QED) is 0.372. The zero-order chi connectivity index (χ0) is 33.8. The van der Waals surface area contributed by atoms with Gasteiger partial charge in [0, 0.05) is 50.9 Å². The van der Waals surface area contributed by atoms with E-state index < -0.39 is 17.3 Å². The molecule has 2 aliphatic heterocycles. The summed E-state index contributed by atoms with van der Waals surface area (Å²) in [7, 11) is 3.09. The third-order valence-electron chi connectivity index (χ3n) is 9.01. The van der Waals surface area contributed by atoms with Crippen molar-refractivity contribution in [1.82, 2.24) is 24.3 Å². The third-order valence-corrected chi connectivity index (χ3v) is 9.40. The van der Waals surface area contributed by atoms with Gasteiger partial charge in [0.05, 0.1) is 37.3 Å². The lowest BCUT2D eigenvalue weighted by atomic mass is 10.0. The number of methoxy groups -OCH3 is 2. The average molecular weight is 666 g/mol. The van der Waals surface area contributed by atoms with Crippen LogP contribution in [0.4, 0.5) is 0 Å². The summed E-state index contributed by atoms with van der Waals surface area (Å²) in [6, 6.07) is 10.1. The highest BCUT2D eigenvalue weighted by molar-refractivity contribution is 6.34. The molecule has 1 fully saturated rings. The van der Waals surface area contributed by atoms with Gasteiger partial charge in [-0.25, -0.2) is 4.79 Å². The number of halogens is 1. The average Bonchev–Trinajstić information content (AvgIpc) is 3.22. The SMILES string of the molecule is COc1ccc2c(c1)CCN(C1CCN(C(=O)Cn3cc(-c4cccc(OC)c4Cl)c(=O)n([C@@H](C)CNC(C)=O)c3=O)CC1)C(=O)C2. The van der Waals surface area contributed by atoms with Crippen LogP contribution < -0.4 is 26.0 Å². The van der Waals surface area contributed by atoms with E-state index >= 15 is 0 Å². The first-order valence-corrected chi connectivity index (χ1v) is 16.1. The Morgan fingerprint density at radius 3 is 2.43 bits per heavy atom. The fourth-order valence-electron chi connectivity index (χ4n) is 6.39. The highest BCUT2D eigenvalue weighted by atomic mass is 35.5. The number of nitrogens with one attached hydrogen (secondary N) is 1. The number of benzene rings is 2. The smallest absolute Gasteiger partial charge is 0.331 e. The fourth-order valence-corrected chi connectivity index (χ4v) is 6.70. The maximum atomic E-state index is 13.7. The molecule has 250 valence electrons. The summed E-state index contributed by atoms with van der Waals surface area (Å²) >= 11 is 6.58. The summed E-state index contributed by atoms with van der Waals surface area (Å²) in [5.74, 6) is 0.609. The molecule has 3 heterocycles. The lowest BCUT2D eigenvalue weighted by molar-refractivity contribution is -0.136. The minimum absolute atomic E-state index is 0.00353. The first-order valence-electron chi connectivity index (χ1n) is 15.7. The first-order chi connectivity index (χ1) is 22.5. The van der Waals surface area contributed by atoms with Gasteiger partial charge in [-0.2, -0.15) is 0 Å². The van der Waals surface area contributed by atoms with E-state index in [9.17, 15) is 24.0 Å². The van der Waals surface area contributed by atoms with Gasteiger partial charge in [0.15, 0.2) is 0 Å². The normalized spacial score (nSPS) is 15.9. The van der Waals surface area contributed by atoms with Gasteiger partial charge in [-0.05, 0) is 55.5 Å². The van der Waals surface area contributed by atoms with Crippen LogP contribution in [0, 0.1) is 0 Å². The number of nitrogens with zero attached hydrogens (tertiary/aromatic N) is 4. The summed E-state index contributed by atoms with van der Waals surface area (Å²) in [5, 5.41) is 2.84. The molecule has 1 atom stereocenters. The Balaban J connectivity index is 1.35. The predicted octanol–water partition coefficient (Wildman–Crippen LogP) is 2.66. The van der Waals surface area contributed by atoms with Crippen LogP contribution in [0.3, 0.4) is 0 Å². The molecule has 1 saturated heterocycles. The van der Waals surface area contributed by atoms with Crippen molar-refractivity contribution in [2.75, 3.05) is 40.4 Å². The number of carbonyl (C=O) groups is 3. The van der Waals surface area contributed by atoms with Gasteiger partial charge in [-0.1, -0.05) is 29.8 Å². The van der Waals surface area contributed by atoms with Crippen molar-refractivity contribution in [3.63, 3.8) is 0 Å². The maximum Gasteiger partial charge on any atom is 0.331 e. The van der Waals surface area contributed by atoms with Crippen molar-refractivity contribution >= 4 is 29.3 Å². The number of carbonyl (C=O) groups excluding carboxylic acids is 3. The molecular weight excluding hydrogens is 626 g/mol. The molecule has 0 unspecified atom stereocenters. The Hall–Kier alpha value is -4.58. The molecule has 2 aliphatic rings. The van der Waals surface area contributed by atoms with Crippen LogP contribution in [0.15, 0.2) is 52.2 Å². The molecule has 47 heavy (non-hydrogen) atoms. The number of rotatable bonds is 9. The van der Waals surface area contributed by atoms with Crippen LogP contribution in [0.25, 0.3) is 11.1 Å². The predicted molar refractivity (Wildman–Crippen MR) is 177 cm³/mol. The minimum atomic E-state index is -0.710. The van der Waals surface area contributed by atoms with E-state index in [0.29, 0.717) is 50.2 Å². The second kappa shape index (κ2) is 14.5. The van der Waals surface area contributed by atoms with Crippen LogP contribution in [0.1, 0.15) is 43.9 Å². The number of likely N-dealkylation sites (tertiary alicyclic amines) is 1. The van der Waals surface area contributed by atoms with Gasteiger partial charge in [0.2, 0.25) is 17.7 Å². The zero-order valence-electron chi connectivity index (χ0n) is 27.1. The van der Waals surface area contributed by atoms with E-state index in [-0.39, 0.29) is 47.4 Å². The molecule has 2 aromatic carbocycles. The third kappa shape index (κ3) is 7.22. The van der Waals surface area contributed by atoms with E-state index in [0.717, 1.165) is 27.9 Å². The topological polar surface area (TPSA) is 132 Å². The van der Waals surface area contributed by atoms with Gasteiger partial charge >= 0.3 is 5.69 Å². The Bertz CT molecular complexity index is 1790. The van der Waals surface area contributed by atoms with Crippen LogP contribution in [0.5, 0.6) is 11.5 Å². The number of aromatic nitrogens is 2. The molecule has 0 radical (unpaired) electrons. The zero-order valence-corrected chi connectivity index (χ0v) is 27.8. The fraction of sp³-hybridized carbons (Fsp3) is 0.441. The highest BCUT2D eigenvalue weighted by Gasteiger charge is 2.32. The van der Waals surface area contributed by atoms with Crippen molar-refractivity contribution in [3.05, 3.63) is 79.6 Å². The van der Waals surface area contributed by atoms with E-state index in [1.54, 1.807) is 37.1 Å². The molecule has 5 rings (SSSR count). The largest absolute Gasteiger partial charge is 0.497 e. The monoisotopic (exact) mass is 665 g/mol. The molecule has 0 aliphatic carbocycles. The molecule has 0 spiro atoms. The minimum Gasteiger partial charge on any atom is -0.497 e. The van der Waals surface area contributed by atoms with Gasteiger partial charge in [-0.15, -0.1) is 0 Å². The van der Waals surface area contributed by atoms with Crippen LogP contribution in [0.2, 0.25) is 5.02 Å². The number of hydrogen-bond donors (Lipinski definition) is 1. The van der Waals surface area contributed by atoms with E-state index in [4.69, 9.17) is 21.1 Å². The summed E-state index contributed by atoms with van der Waals surface area (Å²) < 4.78 is 13.0. The molecule has 13 heteroatoms. The van der Waals surface area contributed by atoms with E-state index in [2.05, 4.69) is 5.32 Å². The van der Waals surface area contributed by atoms with Crippen LogP contribution >= 0.6 is 11.6 Å². The van der Waals surface area contributed by atoms with Crippen molar-refractivity contribution in [1.29, 1.82) is 0 Å². The van der Waals surface area contributed by atoms with E-state index in [1.807, 2.05) is 23.1 Å². The van der Waals surface area contributed by atoms with E-state index in [1.165, 1.54) is 24.8 Å². The van der Waals surface area contributed by atoms with Crippen LogP contribution in [-0.4, -0.2) is 83.1 Å². The van der Waals surface area contributed by atoms with Crippen molar-refractivity contribution in [2.45, 2.75) is 58.2 Å². The number of piperidine rings is 1. The summed E-state index contributed by atoms with van der Waals surface area (Å²) in [4.78, 5) is 69.5. The second-order valence-corrected chi connectivity index (χ2v) is 12.4. The summed E-state index contributed by atoms with van der Waals surface area (Å²) in [6.45, 7) is 4.18. The van der Waals surface area contributed by atoms with Gasteiger partial charge < -0.3 is 24.6 Å². The number of fused-ring (bicyclic) bond motifs is 1. The molecule has 3 aromatic rings. The number of ether oxygens (including phenoxy) is 2. The molecule has 12 nitrogen and oxygen atoms in total. The van der Waals surface area contributed by atoms with Gasteiger partial charge in [-0.3, -0.25) is 28.3 Å². The van der Waals surface area contributed by atoms with Crippen molar-refractivity contribution < 1.29 is 23.9 Å². The summed E-state index contributed by atoms with van der Waals surface area (Å²) in [6.07, 6.45) is 3.65. The Morgan fingerprint density at radius 2 is 1.74 bits per heavy atom. The Morgan fingerprint density at radius 1 is 1.00 bits per heavy atom. The second-order valence-electron chi connectivity index (χ2n) is 12.0. The van der Waals surface area contributed by atoms with Gasteiger partial charge in [0.25, 0.3) is 5.56 Å². The molecule has 1 N–H and O–H groups in total. The first kappa shape index (κ1) is 33.8. The van der Waals surface area contributed by atoms with Crippen molar-refractivity contribution in [3.8, 4) is 22.6 Å². The Labute approximate surface area is 277 Å². The number of amides is 3. The van der Waals surface area contributed by atoms with Crippen LogP contribution in [-0.2, 0) is 33.8 Å². The summed E-state index contributed by atoms with van der Waals surface area (Å²) in [5.41, 5.74) is 1.31. The maximum absolute atomic E-state index is 13.7. The molecule has 0 saturated carbocycles. The lowest BCUT2D eigenvalue weighted by Gasteiger charge is -2.38. The lowest BCUT2D eigenvalue weighted by Crippen LogP contribution is -2.51. The standard InChI is InChI=1S/C34H40ClN5O7/c1-21(18-36-22(2)41)40-33(44)28(27-6-5-7-29(47-4)32(27)35)19-38(34(40)45)20-31(43)37-13-11-25(12-14-37)39-15-10-24-16-26(46-3)9-8-23(24)17-30(39)42/h5-9,16,19,21,25H,10-15,17-18,20H2,1-4H3,(H,36,41)/t21-/m0/s1. The molecule has 1 aromatic heterocycles.